The van der Waals surface area contributed by atoms with E-state index in [2.05, 4.69) is 11.8 Å². The number of aliphatic hydroxyl groups excluding tert-OH is 1. The van der Waals surface area contributed by atoms with Gasteiger partial charge in [0, 0.05) is 18.6 Å². The molecule has 2 aliphatic rings. The fourth-order valence-electron chi connectivity index (χ4n) is 3.03. The molecule has 2 saturated heterocycles. The minimum atomic E-state index is 0.335. The molecule has 0 aliphatic carbocycles. The lowest BCUT2D eigenvalue weighted by atomic mass is 9.92. The molecular weight excluding hydrogens is 150 g/mol. The first-order chi connectivity index (χ1) is 5.81. The van der Waals surface area contributed by atoms with E-state index in [0.29, 0.717) is 6.61 Å². The van der Waals surface area contributed by atoms with Gasteiger partial charge in [-0.05, 0) is 31.6 Å². The van der Waals surface area contributed by atoms with E-state index in [4.69, 9.17) is 5.11 Å². The molecule has 0 radical (unpaired) electrons. The van der Waals surface area contributed by atoms with Crippen molar-refractivity contribution in [3.8, 4) is 0 Å². The highest BCUT2D eigenvalue weighted by Crippen LogP contribution is 2.37. The molecule has 2 fully saturated rings. The van der Waals surface area contributed by atoms with Crippen LogP contribution in [-0.2, 0) is 0 Å². The molecule has 0 spiro atoms. The monoisotopic (exact) mass is 169 g/mol. The lowest BCUT2D eigenvalue weighted by Crippen LogP contribution is -2.43. The highest BCUT2D eigenvalue weighted by molar-refractivity contribution is 4.93. The van der Waals surface area contributed by atoms with E-state index in [0.717, 1.165) is 24.5 Å². The second-order valence-corrected chi connectivity index (χ2v) is 4.42. The van der Waals surface area contributed by atoms with Gasteiger partial charge in [-0.2, -0.15) is 0 Å². The van der Waals surface area contributed by atoms with Gasteiger partial charge in [0.15, 0.2) is 0 Å². The van der Waals surface area contributed by atoms with Gasteiger partial charge in [-0.3, -0.25) is 4.90 Å². The van der Waals surface area contributed by atoms with Crippen molar-refractivity contribution in [2.45, 2.75) is 44.7 Å². The molecule has 70 valence electrons. The molecule has 0 amide bonds. The van der Waals surface area contributed by atoms with Gasteiger partial charge < -0.3 is 5.11 Å². The molecule has 2 aliphatic heterocycles. The van der Waals surface area contributed by atoms with Crippen molar-refractivity contribution in [1.82, 2.24) is 4.90 Å². The van der Waals surface area contributed by atoms with E-state index in [1.165, 1.54) is 25.7 Å². The van der Waals surface area contributed by atoms with E-state index >= 15 is 0 Å². The minimum absolute atomic E-state index is 0.335. The fraction of sp³-hybridized carbons (Fsp3) is 1.00. The first-order valence-electron chi connectivity index (χ1n) is 5.18. The molecule has 2 atom stereocenters. The van der Waals surface area contributed by atoms with Crippen LogP contribution in [0.5, 0.6) is 0 Å². The van der Waals surface area contributed by atoms with Gasteiger partial charge in [0.05, 0.1) is 6.61 Å². The number of aliphatic hydroxyl groups is 1. The molecule has 0 saturated carbocycles. The lowest BCUT2D eigenvalue weighted by Gasteiger charge is -2.37. The van der Waals surface area contributed by atoms with E-state index in [-0.39, 0.29) is 0 Å². The summed E-state index contributed by atoms with van der Waals surface area (Å²) in [6.07, 6.45) is 5.46. The molecule has 0 aromatic heterocycles. The molecule has 2 bridgehead atoms. The van der Waals surface area contributed by atoms with Gasteiger partial charge in [-0.15, -0.1) is 0 Å². The second-order valence-electron chi connectivity index (χ2n) is 4.42. The van der Waals surface area contributed by atoms with Crippen molar-refractivity contribution >= 4 is 0 Å². The molecule has 0 aromatic rings. The predicted octanol–water partition coefficient (Wildman–Crippen LogP) is 1.24. The van der Waals surface area contributed by atoms with E-state index in [9.17, 15) is 0 Å². The third-order valence-corrected chi connectivity index (χ3v) is 3.48. The first-order valence-corrected chi connectivity index (χ1v) is 5.18. The average Bonchev–Trinajstić information content (AvgIpc) is 2.32. The molecule has 2 heterocycles. The van der Waals surface area contributed by atoms with Crippen LogP contribution in [-0.4, -0.2) is 35.2 Å². The van der Waals surface area contributed by atoms with Gasteiger partial charge in [0.2, 0.25) is 0 Å². The van der Waals surface area contributed by atoms with Gasteiger partial charge in [-0.1, -0.05) is 6.92 Å². The molecule has 12 heavy (non-hydrogen) atoms. The van der Waals surface area contributed by atoms with Crippen LogP contribution in [0.4, 0.5) is 0 Å². The molecular formula is C10H19NO. The Morgan fingerprint density at radius 2 is 1.83 bits per heavy atom. The Kier molecular flexibility index (Phi) is 2.37. The van der Waals surface area contributed by atoms with Crippen LogP contribution in [0.3, 0.4) is 0 Å². The van der Waals surface area contributed by atoms with Gasteiger partial charge >= 0.3 is 0 Å². The largest absolute Gasteiger partial charge is 0.395 e. The highest BCUT2D eigenvalue weighted by Gasteiger charge is 2.38. The molecule has 2 nitrogen and oxygen atoms in total. The van der Waals surface area contributed by atoms with Crippen LogP contribution in [0.25, 0.3) is 0 Å². The fourth-order valence-corrected chi connectivity index (χ4v) is 3.03. The van der Waals surface area contributed by atoms with Crippen molar-refractivity contribution in [2.75, 3.05) is 13.2 Å². The number of piperidine rings is 1. The highest BCUT2D eigenvalue weighted by atomic mass is 16.3. The first kappa shape index (κ1) is 8.52. The SMILES string of the molecule is CC1CC2CCC(C1)N2CCO. The zero-order valence-electron chi connectivity index (χ0n) is 7.87. The molecule has 1 N–H and O–H groups in total. The summed E-state index contributed by atoms with van der Waals surface area (Å²) in [5.41, 5.74) is 0. The van der Waals surface area contributed by atoms with Crippen LogP contribution in [0, 0.1) is 5.92 Å². The summed E-state index contributed by atoms with van der Waals surface area (Å²) in [4.78, 5) is 2.53. The van der Waals surface area contributed by atoms with Crippen molar-refractivity contribution in [3.05, 3.63) is 0 Å². The van der Waals surface area contributed by atoms with Crippen LogP contribution in [0.2, 0.25) is 0 Å². The van der Waals surface area contributed by atoms with Crippen molar-refractivity contribution in [3.63, 3.8) is 0 Å². The summed E-state index contributed by atoms with van der Waals surface area (Å²) in [6, 6.07) is 1.59. The van der Waals surface area contributed by atoms with Crippen molar-refractivity contribution < 1.29 is 5.11 Å². The molecule has 0 aromatic carbocycles. The van der Waals surface area contributed by atoms with Gasteiger partial charge in [0.25, 0.3) is 0 Å². The third kappa shape index (κ3) is 1.38. The number of hydrogen-bond donors (Lipinski definition) is 1. The summed E-state index contributed by atoms with van der Waals surface area (Å²) in [6.45, 7) is 3.60. The Morgan fingerprint density at radius 1 is 1.25 bits per heavy atom. The number of fused-ring (bicyclic) bond motifs is 2. The van der Waals surface area contributed by atoms with E-state index < -0.39 is 0 Å². The smallest absolute Gasteiger partial charge is 0.0558 e. The minimum Gasteiger partial charge on any atom is -0.395 e. The summed E-state index contributed by atoms with van der Waals surface area (Å²) < 4.78 is 0. The number of nitrogens with zero attached hydrogens (tertiary/aromatic N) is 1. The normalized spacial score (nSPS) is 42.0. The van der Waals surface area contributed by atoms with Crippen molar-refractivity contribution in [1.29, 1.82) is 0 Å². The molecule has 2 unspecified atom stereocenters. The van der Waals surface area contributed by atoms with E-state index in [1.54, 1.807) is 0 Å². The maximum Gasteiger partial charge on any atom is 0.0558 e. The summed E-state index contributed by atoms with van der Waals surface area (Å²) in [7, 11) is 0. The summed E-state index contributed by atoms with van der Waals surface area (Å²) >= 11 is 0. The van der Waals surface area contributed by atoms with Crippen LogP contribution < -0.4 is 0 Å². The van der Waals surface area contributed by atoms with Gasteiger partial charge in [0.1, 0.15) is 0 Å². The number of hydrogen-bond acceptors (Lipinski definition) is 2. The average molecular weight is 169 g/mol. The topological polar surface area (TPSA) is 23.5 Å². The van der Waals surface area contributed by atoms with Crippen molar-refractivity contribution in [2.24, 2.45) is 5.92 Å². The van der Waals surface area contributed by atoms with Crippen LogP contribution in [0.1, 0.15) is 32.6 Å². The zero-order valence-corrected chi connectivity index (χ0v) is 7.87. The van der Waals surface area contributed by atoms with E-state index in [1.807, 2.05) is 0 Å². The Morgan fingerprint density at radius 3 is 2.33 bits per heavy atom. The molecule has 2 rings (SSSR count). The van der Waals surface area contributed by atoms with Crippen LogP contribution in [0.15, 0.2) is 0 Å². The maximum absolute atomic E-state index is 8.91. The van der Waals surface area contributed by atoms with Gasteiger partial charge in [-0.25, -0.2) is 0 Å². The molecule has 2 heteroatoms. The number of rotatable bonds is 2. The summed E-state index contributed by atoms with van der Waals surface area (Å²) in [5, 5.41) is 8.91. The lowest BCUT2D eigenvalue weighted by molar-refractivity contribution is 0.0872. The summed E-state index contributed by atoms with van der Waals surface area (Å²) in [5.74, 6) is 0.914. The Labute approximate surface area is 74.6 Å². The Balaban J connectivity index is 1.99. The Bertz CT molecular complexity index is 146. The van der Waals surface area contributed by atoms with Crippen LogP contribution >= 0.6 is 0 Å². The second kappa shape index (κ2) is 3.35. The standard InChI is InChI=1S/C10H19NO/c1-8-6-9-2-3-10(7-8)11(9)4-5-12/h8-10,12H,2-7H2,1H3. The zero-order chi connectivity index (χ0) is 8.55. The quantitative estimate of drug-likeness (QED) is 0.672. The Hall–Kier alpha value is -0.0800. The maximum atomic E-state index is 8.91. The predicted molar refractivity (Wildman–Crippen MR) is 49.0 cm³/mol. The third-order valence-electron chi connectivity index (χ3n) is 3.48.